The van der Waals surface area contributed by atoms with E-state index in [0.29, 0.717) is 43.7 Å². The molecule has 6 rings (SSSR count). The highest BCUT2D eigenvalue weighted by Crippen LogP contribution is 2.30. The molecule has 0 aliphatic carbocycles. The van der Waals surface area contributed by atoms with Gasteiger partial charge in [0.15, 0.2) is 0 Å². The average Bonchev–Trinajstić information content (AvgIpc) is 3.17. The zero-order valence-corrected chi connectivity index (χ0v) is 30.8. The lowest BCUT2D eigenvalue weighted by Crippen LogP contribution is -2.47. The smallest absolute Gasteiger partial charge is 0.246 e. The maximum absolute atomic E-state index is 13.1. The van der Waals surface area contributed by atoms with Crippen LogP contribution >= 0.6 is 0 Å². The molecular weight excluding hydrogens is 669 g/mol. The fraction of sp³-hybridized carbons (Fsp3) is 0.273. The van der Waals surface area contributed by atoms with Crippen LogP contribution in [0.5, 0.6) is 28.9 Å². The number of nitrogens with zero attached hydrogens (tertiary/aromatic N) is 3. The van der Waals surface area contributed by atoms with Crippen molar-refractivity contribution in [1.29, 1.82) is 0 Å². The minimum absolute atomic E-state index is 0.0156. The molecule has 0 spiro atoms. The highest BCUT2D eigenvalue weighted by molar-refractivity contribution is 5.92. The summed E-state index contributed by atoms with van der Waals surface area (Å²) in [6, 6.07) is 28.1. The molecule has 0 atom stereocenters. The van der Waals surface area contributed by atoms with Gasteiger partial charge in [0.2, 0.25) is 11.8 Å². The number of halogens is 1. The van der Waals surface area contributed by atoms with E-state index < -0.39 is 0 Å². The zero-order valence-electron chi connectivity index (χ0n) is 30.8. The number of ether oxygens (including phenoxy) is 4. The van der Waals surface area contributed by atoms with Crippen molar-refractivity contribution in [2.24, 2.45) is 0 Å². The van der Waals surface area contributed by atoms with Crippen LogP contribution in [0.4, 0.5) is 4.39 Å². The molecule has 0 unspecified atom stereocenters. The number of carbonyl (C=O) groups excluding carboxylic acids is 1. The van der Waals surface area contributed by atoms with Gasteiger partial charge in [0.05, 0.1) is 19.9 Å². The molecule has 274 valence electrons. The van der Waals surface area contributed by atoms with Crippen LogP contribution in [0.3, 0.4) is 0 Å². The van der Waals surface area contributed by atoms with Gasteiger partial charge in [-0.2, -0.15) is 0 Å². The van der Waals surface area contributed by atoms with Crippen molar-refractivity contribution in [2.45, 2.75) is 40.3 Å². The molecule has 0 N–H and O–H groups in total. The van der Waals surface area contributed by atoms with Crippen LogP contribution in [0.1, 0.15) is 38.9 Å². The van der Waals surface area contributed by atoms with E-state index in [1.54, 1.807) is 37.6 Å². The number of aryl methyl sites for hydroxylation is 3. The lowest BCUT2D eigenvalue weighted by molar-refractivity contribution is -0.127. The molecule has 9 heteroatoms. The van der Waals surface area contributed by atoms with Gasteiger partial charge in [0.1, 0.15) is 35.4 Å². The molecule has 1 aromatic heterocycles. The van der Waals surface area contributed by atoms with E-state index in [1.807, 2.05) is 67.3 Å². The van der Waals surface area contributed by atoms with Crippen molar-refractivity contribution < 1.29 is 28.1 Å². The number of benzene rings is 4. The molecule has 2 heterocycles. The summed E-state index contributed by atoms with van der Waals surface area (Å²) in [4.78, 5) is 21.9. The van der Waals surface area contributed by atoms with Crippen LogP contribution in [0.25, 0.3) is 6.08 Å². The van der Waals surface area contributed by atoms with Gasteiger partial charge in [-0.1, -0.05) is 30.3 Å². The predicted molar refractivity (Wildman–Crippen MR) is 205 cm³/mol. The van der Waals surface area contributed by atoms with Gasteiger partial charge in [-0.15, -0.1) is 0 Å². The summed E-state index contributed by atoms with van der Waals surface area (Å²) in [7, 11) is 1.64. The highest BCUT2D eigenvalue weighted by atomic mass is 19.1. The van der Waals surface area contributed by atoms with Crippen LogP contribution in [-0.4, -0.2) is 60.6 Å². The lowest BCUT2D eigenvalue weighted by atomic mass is 10.0. The van der Waals surface area contributed by atoms with Crippen LogP contribution < -0.4 is 18.9 Å². The van der Waals surface area contributed by atoms with Gasteiger partial charge in [0, 0.05) is 51.3 Å². The molecule has 1 aliphatic rings. The number of carbonyl (C=O) groups is 1. The van der Waals surface area contributed by atoms with E-state index in [4.69, 9.17) is 18.9 Å². The first-order chi connectivity index (χ1) is 25.7. The third-order valence-electron chi connectivity index (χ3n) is 9.33. The van der Waals surface area contributed by atoms with Gasteiger partial charge in [-0.05, 0) is 120 Å². The fourth-order valence-electron chi connectivity index (χ4n) is 6.35. The summed E-state index contributed by atoms with van der Waals surface area (Å²) in [5.41, 5.74) is 7.60. The number of rotatable bonds is 14. The number of hydrogen-bond donors (Lipinski definition) is 0. The summed E-state index contributed by atoms with van der Waals surface area (Å²) < 4.78 is 36.1. The number of hydrogen-bond acceptors (Lipinski definition) is 7. The van der Waals surface area contributed by atoms with Gasteiger partial charge >= 0.3 is 0 Å². The predicted octanol–water partition coefficient (Wildman–Crippen LogP) is 8.50. The number of amides is 1. The van der Waals surface area contributed by atoms with Gasteiger partial charge in [0.25, 0.3) is 0 Å². The van der Waals surface area contributed by atoms with E-state index in [2.05, 4.69) is 35.0 Å². The van der Waals surface area contributed by atoms with E-state index in [0.717, 1.165) is 59.8 Å². The Morgan fingerprint density at radius 3 is 2.11 bits per heavy atom. The molecule has 0 bridgehead atoms. The maximum Gasteiger partial charge on any atom is 0.246 e. The largest absolute Gasteiger partial charge is 0.497 e. The Morgan fingerprint density at radius 2 is 1.45 bits per heavy atom. The van der Waals surface area contributed by atoms with Crippen molar-refractivity contribution in [2.75, 3.05) is 39.9 Å². The van der Waals surface area contributed by atoms with Crippen LogP contribution in [0.2, 0.25) is 0 Å². The second-order valence-corrected chi connectivity index (χ2v) is 13.3. The number of piperazine rings is 1. The molecular formula is C44H46FN3O5. The third-order valence-corrected chi connectivity index (χ3v) is 9.33. The molecule has 1 aliphatic heterocycles. The van der Waals surface area contributed by atoms with E-state index in [9.17, 15) is 9.18 Å². The van der Waals surface area contributed by atoms with E-state index in [1.165, 1.54) is 28.8 Å². The maximum atomic E-state index is 13.1. The first kappa shape index (κ1) is 37.1. The molecule has 1 amide bonds. The van der Waals surface area contributed by atoms with Crippen molar-refractivity contribution in [1.82, 2.24) is 14.8 Å². The number of aromatic nitrogens is 1. The van der Waals surface area contributed by atoms with E-state index >= 15 is 0 Å². The molecule has 5 aromatic rings. The van der Waals surface area contributed by atoms with Crippen LogP contribution in [0.15, 0.2) is 103 Å². The first-order valence-electron chi connectivity index (χ1n) is 17.9. The molecule has 1 fully saturated rings. The molecule has 0 saturated carbocycles. The van der Waals surface area contributed by atoms with Gasteiger partial charge < -0.3 is 23.8 Å². The highest BCUT2D eigenvalue weighted by Gasteiger charge is 2.20. The Balaban J connectivity index is 0.942. The second-order valence-electron chi connectivity index (χ2n) is 13.3. The summed E-state index contributed by atoms with van der Waals surface area (Å²) in [5.74, 6) is 3.09. The molecule has 53 heavy (non-hydrogen) atoms. The zero-order chi connectivity index (χ0) is 37.2. The summed E-state index contributed by atoms with van der Waals surface area (Å²) in [6.45, 7) is 10.9. The Labute approximate surface area is 311 Å². The van der Waals surface area contributed by atoms with Crippen molar-refractivity contribution in [3.8, 4) is 28.9 Å². The molecule has 1 saturated heterocycles. The van der Waals surface area contributed by atoms with Crippen molar-refractivity contribution in [3.05, 3.63) is 148 Å². The number of pyridine rings is 1. The van der Waals surface area contributed by atoms with Gasteiger partial charge in [-0.3, -0.25) is 9.69 Å². The minimum Gasteiger partial charge on any atom is -0.497 e. The SMILES string of the molecule is COc1ccc(COc2ccc(Oc3c(C)cc(/C=C/C(=O)N4CCN(Cc5ccc(CCOc6ccc(F)cc6)c(C)c5)CC4)cc3C)nc2)cc1. The van der Waals surface area contributed by atoms with Crippen molar-refractivity contribution in [3.63, 3.8) is 0 Å². The minimum atomic E-state index is -0.269. The van der Waals surface area contributed by atoms with Crippen molar-refractivity contribution >= 4 is 12.0 Å². The first-order valence-corrected chi connectivity index (χ1v) is 17.9. The molecule has 8 nitrogen and oxygen atoms in total. The summed E-state index contributed by atoms with van der Waals surface area (Å²) in [6.07, 6.45) is 5.98. The average molecular weight is 716 g/mol. The fourth-order valence-corrected chi connectivity index (χ4v) is 6.35. The Bertz CT molecular complexity index is 1980. The van der Waals surface area contributed by atoms with Crippen LogP contribution in [-0.2, 0) is 24.4 Å². The lowest BCUT2D eigenvalue weighted by Gasteiger charge is -2.34. The van der Waals surface area contributed by atoms with Gasteiger partial charge in [-0.25, -0.2) is 9.37 Å². The third kappa shape index (κ3) is 10.5. The molecule has 4 aromatic carbocycles. The summed E-state index contributed by atoms with van der Waals surface area (Å²) in [5, 5.41) is 0. The Morgan fingerprint density at radius 1 is 0.774 bits per heavy atom. The topological polar surface area (TPSA) is 73.4 Å². The second kappa shape index (κ2) is 17.7. The molecule has 0 radical (unpaired) electrons. The Kier molecular flexibility index (Phi) is 12.4. The Hall–Kier alpha value is -5.67. The monoisotopic (exact) mass is 715 g/mol. The normalized spacial score (nSPS) is 13.3. The van der Waals surface area contributed by atoms with E-state index in [-0.39, 0.29) is 11.7 Å². The van der Waals surface area contributed by atoms with Crippen LogP contribution in [0, 0.1) is 26.6 Å². The number of methoxy groups -OCH3 is 1. The quantitative estimate of drug-likeness (QED) is 0.107. The summed E-state index contributed by atoms with van der Waals surface area (Å²) >= 11 is 0. The standard InChI is InChI=1S/C44H46FN3O5/c1-31-25-36(5-9-37(31)19-24-51-40-14-10-38(45)11-15-40)29-47-20-22-48(23-21-47)43(49)18-8-35-26-32(2)44(33(3)27-35)53-42-17-16-41(28-46-42)52-30-34-6-12-39(50-4)13-7-34/h5-18,25-28H,19-24,29-30H2,1-4H3/b18-8+.